The lowest BCUT2D eigenvalue weighted by Gasteiger charge is -2.33. The van der Waals surface area contributed by atoms with Crippen molar-refractivity contribution in [2.75, 3.05) is 25.6 Å². The first kappa shape index (κ1) is 17.1. The maximum Gasteiger partial charge on any atom is 0.0485 e. The van der Waals surface area contributed by atoms with Gasteiger partial charge in [-0.1, -0.05) is 23.2 Å². The van der Waals surface area contributed by atoms with Crippen LogP contribution in [0.1, 0.15) is 24.9 Å². The highest BCUT2D eigenvalue weighted by Gasteiger charge is 2.22. The Labute approximate surface area is 130 Å². The van der Waals surface area contributed by atoms with Crippen molar-refractivity contribution in [3.63, 3.8) is 0 Å². The van der Waals surface area contributed by atoms with Crippen molar-refractivity contribution in [3.8, 4) is 0 Å². The number of rotatable bonds is 7. The van der Waals surface area contributed by atoms with E-state index in [-0.39, 0.29) is 6.04 Å². The van der Waals surface area contributed by atoms with E-state index >= 15 is 0 Å². The van der Waals surface area contributed by atoms with Gasteiger partial charge in [0.1, 0.15) is 0 Å². The molecule has 1 aromatic carbocycles. The molecule has 2 N–H and O–H groups in total. The van der Waals surface area contributed by atoms with Crippen molar-refractivity contribution in [2.24, 2.45) is 5.73 Å². The van der Waals surface area contributed by atoms with Gasteiger partial charge in [0.15, 0.2) is 0 Å². The second-order valence-corrected chi connectivity index (χ2v) is 6.54. The fraction of sp³-hybridized carbons (Fsp3) is 0.571. The van der Waals surface area contributed by atoms with E-state index in [1.807, 2.05) is 23.9 Å². The molecule has 0 saturated heterocycles. The maximum atomic E-state index is 6.28. The number of likely N-dealkylation sites (N-methyl/N-ethyl adjacent to an activating group) is 1. The number of nitrogens with zero attached hydrogens (tertiary/aromatic N) is 1. The number of benzene rings is 1. The van der Waals surface area contributed by atoms with E-state index < -0.39 is 0 Å². The molecule has 0 aliphatic heterocycles. The van der Waals surface area contributed by atoms with Gasteiger partial charge in [0.05, 0.1) is 0 Å². The topological polar surface area (TPSA) is 29.3 Å². The first-order chi connectivity index (χ1) is 9.01. The van der Waals surface area contributed by atoms with Crippen LogP contribution in [0.5, 0.6) is 0 Å². The van der Waals surface area contributed by atoms with Gasteiger partial charge in [0.25, 0.3) is 0 Å². The Morgan fingerprint density at radius 2 is 2.05 bits per heavy atom. The summed E-state index contributed by atoms with van der Waals surface area (Å²) in [5, 5.41) is 1.42. The molecule has 0 saturated carbocycles. The van der Waals surface area contributed by atoms with E-state index in [0.29, 0.717) is 17.6 Å². The van der Waals surface area contributed by atoms with E-state index in [2.05, 4.69) is 25.1 Å². The summed E-state index contributed by atoms with van der Waals surface area (Å²) in [5.41, 5.74) is 6.95. The molecule has 108 valence electrons. The molecule has 0 radical (unpaired) electrons. The van der Waals surface area contributed by atoms with Gasteiger partial charge in [-0.3, -0.25) is 4.90 Å². The SMILES string of the molecule is CSCCC(C)N(C)C(CN)c1cc(Cl)ccc1Cl. The Hall–Kier alpha value is 0.0700. The zero-order chi connectivity index (χ0) is 14.4. The van der Waals surface area contributed by atoms with Crippen LogP contribution in [0.3, 0.4) is 0 Å². The van der Waals surface area contributed by atoms with Gasteiger partial charge in [-0.05, 0) is 56.2 Å². The summed E-state index contributed by atoms with van der Waals surface area (Å²) in [7, 11) is 2.10. The molecular weight excluding hydrogens is 299 g/mol. The smallest absolute Gasteiger partial charge is 0.0485 e. The lowest BCUT2D eigenvalue weighted by Crippen LogP contribution is -2.37. The van der Waals surface area contributed by atoms with Gasteiger partial charge < -0.3 is 5.73 Å². The Morgan fingerprint density at radius 1 is 1.37 bits per heavy atom. The van der Waals surface area contributed by atoms with Crippen molar-refractivity contribution < 1.29 is 0 Å². The highest BCUT2D eigenvalue weighted by atomic mass is 35.5. The number of hydrogen-bond donors (Lipinski definition) is 1. The average molecular weight is 321 g/mol. The minimum absolute atomic E-state index is 0.100. The maximum absolute atomic E-state index is 6.28. The fourth-order valence-electron chi connectivity index (χ4n) is 2.08. The van der Waals surface area contributed by atoms with E-state index in [0.717, 1.165) is 22.8 Å². The monoisotopic (exact) mass is 320 g/mol. The third-order valence-electron chi connectivity index (χ3n) is 3.47. The summed E-state index contributed by atoms with van der Waals surface area (Å²) >= 11 is 14.2. The van der Waals surface area contributed by atoms with Gasteiger partial charge in [0, 0.05) is 28.7 Å². The third kappa shape index (κ3) is 4.83. The summed E-state index contributed by atoms with van der Waals surface area (Å²) in [6, 6.07) is 6.11. The van der Waals surface area contributed by atoms with E-state index in [9.17, 15) is 0 Å². The van der Waals surface area contributed by atoms with Crippen molar-refractivity contribution in [1.82, 2.24) is 4.90 Å². The molecule has 0 aliphatic rings. The Morgan fingerprint density at radius 3 is 2.63 bits per heavy atom. The average Bonchev–Trinajstić information content (AvgIpc) is 2.40. The van der Waals surface area contributed by atoms with Gasteiger partial charge in [0.2, 0.25) is 0 Å². The molecule has 0 aromatic heterocycles. The molecule has 0 fully saturated rings. The van der Waals surface area contributed by atoms with Crippen LogP contribution in [0, 0.1) is 0 Å². The molecule has 2 atom stereocenters. The summed E-state index contributed by atoms with van der Waals surface area (Å²) in [6.07, 6.45) is 3.26. The molecule has 0 bridgehead atoms. The first-order valence-corrected chi connectivity index (χ1v) is 8.52. The molecule has 2 unspecified atom stereocenters. The van der Waals surface area contributed by atoms with Crippen LogP contribution in [0.25, 0.3) is 0 Å². The standard InChI is InChI=1S/C14H22Cl2N2S/c1-10(6-7-19-3)18(2)14(9-17)12-8-11(15)4-5-13(12)16/h4-5,8,10,14H,6-7,9,17H2,1-3H3. The van der Waals surface area contributed by atoms with E-state index in [1.165, 1.54) is 0 Å². The van der Waals surface area contributed by atoms with Crippen LogP contribution in [0.2, 0.25) is 10.0 Å². The van der Waals surface area contributed by atoms with Gasteiger partial charge in [-0.15, -0.1) is 0 Å². The second-order valence-electron chi connectivity index (χ2n) is 4.71. The van der Waals surface area contributed by atoms with Crippen molar-refractivity contribution in [3.05, 3.63) is 33.8 Å². The lowest BCUT2D eigenvalue weighted by atomic mass is 10.0. The largest absolute Gasteiger partial charge is 0.329 e. The van der Waals surface area contributed by atoms with Crippen LogP contribution in [0.4, 0.5) is 0 Å². The number of thioether (sulfide) groups is 1. The van der Waals surface area contributed by atoms with Crippen LogP contribution in [-0.4, -0.2) is 36.5 Å². The molecule has 5 heteroatoms. The minimum atomic E-state index is 0.100. The number of nitrogens with two attached hydrogens (primary N) is 1. The predicted molar refractivity (Wildman–Crippen MR) is 88.5 cm³/mol. The molecule has 0 spiro atoms. The van der Waals surface area contributed by atoms with Gasteiger partial charge in [-0.25, -0.2) is 0 Å². The Balaban J connectivity index is 2.89. The van der Waals surface area contributed by atoms with Gasteiger partial charge in [-0.2, -0.15) is 11.8 Å². The molecule has 2 nitrogen and oxygen atoms in total. The molecule has 19 heavy (non-hydrogen) atoms. The Kier molecular flexibility index (Phi) is 7.55. The molecule has 1 rings (SSSR count). The molecule has 0 aliphatic carbocycles. The predicted octanol–water partition coefficient (Wildman–Crippen LogP) is 4.07. The van der Waals surface area contributed by atoms with Crippen LogP contribution in [-0.2, 0) is 0 Å². The lowest BCUT2D eigenvalue weighted by molar-refractivity contribution is 0.185. The highest BCUT2D eigenvalue weighted by molar-refractivity contribution is 7.98. The van der Waals surface area contributed by atoms with Crippen molar-refractivity contribution >= 4 is 35.0 Å². The highest BCUT2D eigenvalue weighted by Crippen LogP contribution is 2.30. The third-order valence-corrected chi connectivity index (χ3v) is 4.69. The van der Waals surface area contributed by atoms with Crippen molar-refractivity contribution in [1.29, 1.82) is 0 Å². The van der Waals surface area contributed by atoms with Crippen molar-refractivity contribution in [2.45, 2.75) is 25.4 Å². The van der Waals surface area contributed by atoms with Crippen LogP contribution < -0.4 is 5.73 Å². The van der Waals surface area contributed by atoms with E-state index in [1.54, 1.807) is 6.07 Å². The number of hydrogen-bond acceptors (Lipinski definition) is 3. The molecular formula is C14H22Cl2N2S. The van der Waals surface area contributed by atoms with E-state index in [4.69, 9.17) is 28.9 Å². The second kappa shape index (κ2) is 8.38. The number of halogens is 2. The molecule has 1 aromatic rings. The summed E-state index contributed by atoms with van der Waals surface area (Å²) in [4.78, 5) is 2.29. The van der Waals surface area contributed by atoms with Crippen LogP contribution >= 0.6 is 35.0 Å². The Bertz CT molecular complexity index is 401. The normalized spacial score (nSPS) is 14.7. The van der Waals surface area contributed by atoms with Gasteiger partial charge >= 0.3 is 0 Å². The summed E-state index contributed by atoms with van der Waals surface area (Å²) < 4.78 is 0. The zero-order valence-corrected chi connectivity index (χ0v) is 14.0. The summed E-state index contributed by atoms with van der Waals surface area (Å²) in [5.74, 6) is 1.14. The zero-order valence-electron chi connectivity index (χ0n) is 11.7. The minimum Gasteiger partial charge on any atom is -0.329 e. The quantitative estimate of drug-likeness (QED) is 0.821. The summed E-state index contributed by atoms with van der Waals surface area (Å²) in [6.45, 7) is 2.75. The molecule has 0 amide bonds. The van der Waals surface area contributed by atoms with Crippen LogP contribution in [0.15, 0.2) is 18.2 Å². The molecule has 0 heterocycles. The fourth-order valence-corrected chi connectivity index (χ4v) is 3.08. The first-order valence-electron chi connectivity index (χ1n) is 6.37.